The number of fused-ring (bicyclic) bond motifs is 1. The lowest BCUT2D eigenvalue weighted by atomic mass is 10.0. The molecule has 0 aliphatic heterocycles. The Morgan fingerprint density at radius 3 is 2.62 bits per heavy atom. The van der Waals surface area contributed by atoms with Crippen LogP contribution in [0, 0.1) is 10.1 Å². The fourth-order valence-electron chi connectivity index (χ4n) is 1.96. The Kier molecular flexibility index (Phi) is 4.09. The van der Waals surface area contributed by atoms with E-state index in [-0.39, 0.29) is 16.1 Å². The zero-order valence-corrected chi connectivity index (χ0v) is 12.8. The van der Waals surface area contributed by atoms with Crippen molar-refractivity contribution >= 4 is 22.1 Å². The number of nitrogens with zero attached hydrogens (tertiary/aromatic N) is 3. The van der Waals surface area contributed by atoms with Crippen LogP contribution >= 0.6 is 0 Å². The Balaban J connectivity index is 2.38. The Morgan fingerprint density at radius 1 is 1.29 bits per heavy atom. The monoisotopic (exact) mass is 288 g/mol. The molecular formula is C15H20N4O2. The standard InChI is InChI=1S/C15H20N4O2/c1-15(2,18(3)4)10-17-13-5-6-14(19(20)21)11-7-8-16-9-12(11)13/h5-9,17H,10H2,1-4H3. The quantitative estimate of drug-likeness (QED) is 0.676. The van der Waals surface area contributed by atoms with E-state index >= 15 is 0 Å². The number of rotatable bonds is 5. The lowest BCUT2D eigenvalue weighted by Crippen LogP contribution is -2.44. The number of nitro benzene ring substituents is 1. The molecule has 21 heavy (non-hydrogen) atoms. The van der Waals surface area contributed by atoms with E-state index in [2.05, 4.69) is 29.0 Å². The Bertz CT molecular complexity index is 668. The first-order valence-corrected chi connectivity index (χ1v) is 6.75. The number of pyridine rings is 1. The highest BCUT2D eigenvalue weighted by molar-refractivity contribution is 5.99. The lowest BCUT2D eigenvalue weighted by Gasteiger charge is -2.33. The maximum Gasteiger partial charge on any atom is 0.277 e. The molecule has 0 saturated carbocycles. The van der Waals surface area contributed by atoms with Crippen LogP contribution in [0.5, 0.6) is 0 Å². The number of anilines is 1. The fourth-order valence-corrected chi connectivity index (χ4v) is 1.96. The fraction of sp³-hybridized carbons (Fsp3) is 0.400. The third-order valence-corrected chi connectivity index (χ3v) is 3.91. The molecule has 1 heterocycles. The SMILES string of the molecule is CN(C)C(C)(C)CNc1ccc([N+](=O)[O-])c2ccncc12. The lowest BCUT2D eigenvalue weighted by molar-refractivity contribution is -0.383. The van der Waals surface area contributed by atoms with Gasteiger partial charge in [-0.15, -0.1) is 0 Å². The molecule has 1 N–H and O–H groups in total. The predicted molar refractivity (Wildman–Crippen MR) is 84.7 cm³/mol. The van der Waals surface area contributed by atoms with E-state index < -0.39 is 0 Å². The molecule has 6 heteroatoms. The van der Waals surface area contributed by atoms with Gasteiger partial charge < -0.3 is 10.2 Å². The minimum atomic E-state index is -0.365. The van der Waals surface area contributed by atoms with Crippen molar-refractivity contribution in [3.05, 3.63) is 40.7 Å². The molecule has 0 fully saturated rings. The van der Waals surface area contributed by atoms with Crippen LogP contribution in [-0.4, -0.2) is 41.0 Å². The molecule has 112 valence electrons. The highest BCUT2D eigenvalue weighted by Crippen LogP contribution is 2.31. The van der Waals surface area contributed by atoms with Crippen molar-refractivity contribution in [2.75, 3.05) is 26.0 Å². The first-order chi connectivity index (χ1) is 9.83. The van der Waals surface area contributed by atoms with Gasteiger partial charge in [0.1, 0.15) is 0 Å². The molecular weight excluding hydrogens is 268 g/mol. The number of benzene rings is 1. The van der Waals surface area contributed by atoms with Gasteiger partial charge in [-0.1, -0.05) is 0 Å². The Morgan fingerprint density at radius 2 is 2.00 bits per heavy atom. The van der Waals surface area contributed by atoms with Crippen molar-refractivity contribution in [3.8, 4) is 0 Å². The first kappa shape index (κ1) is 15.2. The molecule has 0 amide bonds. The van der Waals surface area contributed by atoms with Crippen molar-refractivity contribution < 1.29 is 4.92 Å². The van der Waals surface area contributed by atoms with Gasteiger partial charge in [0, 0.05) is 41.6 Å². The third kappa shape index (κ3) is 3.11. The number of likely N-dealkylation sites (N-methyl/N-ethyl adjacent to an activating group) is 1. The average molecular weight is 288 g/mol. The Labute approximate surface area is 123 Å². The molecule has 0 aliphatic rings. The van der Waals surface area contributed by atoms with Gasteiger partial charge in [0.25, 0.3) is 5.69 Å². The second kappa shape index (κ2) is 5.65. The second-order valence-corrected chi connectivity index (χ2v) is 5.87. The average Bonchev–Trinajstić information content (AvgIpc) is 2.44. The summed E-state index contributed by atoms with van der Waals surface area (Å²) in [6.07, 6.45) is 3.23. The van der Waals surface area contributed by atoms with E-state index in [0.29, 0.717) is 5.39 Å². The third-order valence-electron chi connectivity index (χ3n) is 3.91. The second-order valence-electron chi connectivity index (χ2n) is 5.87. The number of non-ortho nitro benzene ring substituents is 1. The maximum absolute atomic E-state index is 11.1. The summed E-state index contributed by atoms with van der Waals surface area (Å²) in [6.45, 7) is 4.99. The topological polar surface area (TPSA) is 71.3 Å². The molecule has 0 spiro atoms. The minimum Gasteiger partial charge on any atom is -0.383 e. The van der Waals surface area contributed by atoms with Gasteiger partial charge in [0.15, 0.2) is 0 Å². The van der Waals surface area contributed by atoms with E-state index in [1.807, 2.05) is 14.1 Å². The molecule has 0 unspecified atom stereocenters. The molecule has 0 atom stereocenters. The normalized spacial score (nSPS) is 11.9. The van der Waals surface area contributed by atoms with Crippen molar-refractivity contribution in [1.82, 2.24) is 9.88 Å². The van der Waals surface area contributed by atoms with Crippen LogP contribution in [0.15, 0.2) is 30.6 Å². The largest absolute Gasteiger partial charge is 0.383 e. The highest BCUT2D eigenvalue weighted by atomic mass is 16.6. The summed E-state index contributed by atoms with van der Waals surface area (Å²) in [5.41, 5.74) is 0.930. The van der Waals surface area contributed by atoms with Crippen LogP contribution in [0.4, 0.5) is 11.4 Å². The summed E-state index contributed by atoms with van der Waals surface area (Å²) < 4.78 is 0. The van der Waals surface area contributed by atoms with Crippen LogP contribution < -0.4 is 5.32 Å². The molecule has 1 aromatic carbocycles. The summed E-state index contributed by atoms with van der Waals surface area (Å²) in [7, 11) is 4.05. The molecule has 0 bridgehead atoms. The number of hydrogen-bond donors (Lipinski definition) is 1. The van der Waals surface area contributed by atoms with Gasteiger partial charge in [-0.2, -0.15) is 0 Å². The van der Waals surface area contributed by atoms with Crippen molar-refractivity contribution in [3.63, 3.8) is 0 Å². The van der Waals surface area contributed by atoms with E-state index in [1.54, 1.807) is 24.5 Å². The van der Waals surface area contributed by atoms with E-state index in [9.17, 15) is 10.1 Å². The van der Waals surface area contributed by atoms with Crippen LogP contribution in [-0.2, 0) is 0 Å². The highest BCUT2D eigenvalue weighted by Gasteiger charge is 2.21. The van der Waals surface area contributed by atoms with Gasteiger partial charge in [-0.05, 0) is 40.1 Å². The van der Waals surface area contributed by atoms with Gasteiger partial charge in [-0.3, -0.25) is 15.1 Å². The van der Waals surface area contributed by atoms with Crippen LogP contribution in [0.2, 0.25) is 0 Å². The van der Waals surface area contributed by atoms with E-state index in [0.717, 1.165) is 17.6 Å². The van der Waals surface area contributed by atoms with Gasteiger partial charge in [0.2, 0.25) is 0 Å². The summed E-state index contributed by atoms with van der Waals surface area (Å²) >= 11 is 0. The number of hydrogen-bond acceptors (Lipinski definition) is 5. The van der Waals surface area contributed by atoms with Gasteiger partial charge in [0.05, 0.1) is 10.3 Å². The zero-order chi connectivity index (χ0) is 15.6. The molecule has 0 aliphatic carbocycles. The first-order valence-electron chi connectivity index (χ1n) is 6.75. The molecule has 1 aromatic heterocycles. The van der Waals surface area contributed by atoms with Crippen LogP contribution in [0.3, 0.4) is 0 Å². The Hall–Kier alpha value is -2.21. The van der Waals surface area contributed by atoms with Crippen molar-refractivity contribution in [2.24, 2.45) is 0 Å². The van der Waals surface area contributed by atoms with Crippen LogP contribution in [0.25, 0.3) is 10.8 Å². The number of aromatic nitrogens is 1. The minimum absolute atomic E-state index is 0.0314. The van der Waals surface area contributed by atoms with E-state index in [4.69, 9.17) is 0 Å². The molecule has 2 rings (SSSR count). The van der Waals surface area contributed by atoms with Crippen LogP contribution in [0.1, 0.15) is 13.8 Å². The molecule has 0 radical (unpaired) electrons. The number of nitro groups is 1. The predicted octanol–water partition coefficient (Wildman–Crippen LogP) is 2.90. The zero-order valence-electron chi connectivity index (χ0n) is 12.8. The molecule has 2 aromatic rings. The van der Waals surface area contributed by atoms with E-state index in [1.165, 1.54) is 6.07 Å². The molecule has 6 nitrogen and oxygen atoms in total. The molecule has 0 saturated heterocycles. The maximum atomic E-state index is 11.1. The summed E-state index contributed by atoms with van der Waals surface area (Å²) in [5, 5.41) is 15.8. The summed E-state index contributed by atoms with van der Waals surface area (Å²) in [5.74, 6) is 0. The van der Waals surface area contributed by atoms with Gasteiger partial charge in [-0.25, -0.2) is 0 Å². The van der Waals surface area contributed by atoms with Crippen molar-refractivity contribution in [1.29, 1.82) is 0 Å². The smallest absolute Gasteiger partial charge is 0.277 e. The number of nitrogens with one attached hydrogen (secondary N) is 1. The summed E-state index contributed by atoms with van der Waals surface area (Å²) in [4.78, 5) is 16.9. The van der Waals surface area contributed by atoms with Crippen molar-refractivity contribution in [2.45, 2.75) is 19.4 Å². The van der Waals surface area contributed by atoms with Gasteiger partial charge >= 0.3 is 0 Å². The summed E-state index contributed by atoms with van der Waals surface area (Å²) in [6, 6.07) is 4.96.